The SMILES string of the molecule is CSc1ccc(NC(=O)O[C@H](c2ccccc2OCCO)[C@@H](C)CCO)cc1. The molecule has 1 amide bonds. The fraction of sp³-hybridized carbons (Fsp3) is 0.381. The molecule has 28 heavy (non-hydrogen) atoms. The molecule has 3 N–H and O–H groups in total. The van der Waals surface area contributed by atoms with Crippen molar-refractivity contribution in [3.05, 3.63) is 54.1 Å². The van der Waals surface area contributed by atoms with Crippen molar-refractivity contribution in [2.75, 3.05) is 31.4 Å². The van der Waals surface area contributed by atoms with E-state index in [0.717, 1.165) is 4.90 Å². The molecular formula is C21H27NO5S. The molecule has 6 nitrogen and oxygen atoms in total. The van der Waals surface area contributed by atoms with Gasteiger partial charge in [-0.1, -0.05) is 25.1 Å². The Morgan fingerprint density at radius 1 is 1.11 bits per heavy atom. The monoisotopic (exact) mass is 405 g/mol. The fourth-order valence-corrected chi connectivity index (χ4v) is 3.19. The van der Waals surface area contributed by atoms with Gasteiger partial charge in [-0.3, -0.25) is 5.32 Å². The number of ether oxygens (including phenoxy) is 2. The fourth-order valence-electron chi connectivity index (χ4n) is 2.78. The number of hydrogen-bond acceptors (Lipinski definition) is 6. The Bertz CT molecular complexity index is 738. The summed E-state index contributed by atoms with van der Waals surface area (Å²) < 4.78 is 11.3. The lowest BCUT2D eigenvalue weighted by molar-refractivity contribution is 0.0641. The summed E-state index contributed by atoms with van der Waals surface area (Å²) in [5.74, 6) is 0.414. The van der Waals surface area contributed by atoms with Crippen molar-refractivity contribution in [2.24, 2.45) is 5.92 Å². The van der Waals surface area contributed by atoms with Gasteiger partial charge in [0.25, 0.3) is 0 Å². The van der Waals surface area contributed by atoms with Crippen LogP contribution in [0, 0.1) is 5.92 Å². The molecule has 0 aliphatic carbocycles. The van der Waals surface area contributed by atoms with Gasteiger partial charge in [0.1, 0.15) is 18.5 Å². The highest BCUT2D eigenvalue weighted by Crippen LogP contribution is 2.35. The molecule has 0 saturated carbocycles. The minimum absolute atomic E-state index is 0.0154. The van der Waals surface area contributed by atoms with Crippen LogP contribution in [0.1, 0.15) is 25.0 Å². The van der Waals surface area contributed by atoms with Gasteiger partial charge in [-0.05, 0) is 48.9 Å². The third-order valence-electron chi connectivity index (χ3n) is 4.25. The number of rotatable bonds is 10. The van der Waals surface area contributed by atoms with E-state index in [0.29, 0.717) is 23.4 Å². The number of thioether (sulfide) groups is 1. The Labute approximate surface area is 169 Å². The molecule has 2 aromatic rings. The van der Waals surface area contributed by atoms with Crippen molar-refractivity contribution in [3.8, 4) is 5.75 Å². The lowest BCUT2D eigenvalue weighted by atomic mass is 9.94. The number of anilines is 1. The van der Waals surface area contributed by atoms with E-state index in [2.05, 4.69) is 5.32 Å². The van der Waals surface area contributed by atoms with Gasteiger partial charge in [0.05, 0.1) is 6.61 Å². The van der Waals surface area contributed by atoms with Crippen LogP contribution in [-0.4, -0.2) is 42.4 Å². The zero-order chi connectivity index (χ0) is 20.4. The van der Waals surface area contributed by atoms with Gasteiger partial charge in [-0.25, -0.2) is 4.79 Å². The van der Waals surface area contributed by atoms with E-state index in [4.69, 9.17) is 14.6 Å². The first-order valence-corrected chi connectivity index (χ1v) is 10.4. The molecule has 0 aliphatic rings. The van der Waals surface area contributed by atoms with Crippen LogP contribution in [0.5, 0.6) is 5.75 Å². The lowest BCUT2D eigenvalue weighted by Crippen LogP contribution is -2.23. The molecule has 2 atom stereocenters. The van der Waals surface area contributed by atoms with Crippen molar-refractivity contribution >= 4 is 23.5 Å². The molecule has 0 saturated heterocycles. The molecule has 0 heterocycles. The van der Waals surface area contributed by atoms with E-state index in [1.54, 1.807) is 17.8 Å². The maximum Gasteiger partial charge on any atom is 0.412 e. The second-order valence-electron chi connectivity index (χ2n) is 6.28. The van der Waals surface area contributed by atoms with Crippen LogP contribution in [0.25, 0.3) is 0 Å². The number of aliphatic hydroxyl groups excluding tert-OH is 2. The summed E-state index contributed by atoms with van der Waals surface area (Å²) in [6, 6.07) is 14.7. The summed E-state index contributed by atoms with van der Waals surface area (Å²) in [5, 5.41) is 21.1. The highest BCUT2D eigenvalue weighted by Gasteiger charge is 2.26. The van der Waals surface area contributed by atoms with Gasteiger partial charge in [0, 0.05) is 22.8 Å². The maximum atomic E-state index is 12.5. The lowest BCUT2D eigenvalue weighted by Gasteiger charge is -2.26. The molecular weight excluding hydrogens is 378 g/mol. The second kappa shape index (κ2) is 11.6. The van der Waals surface area contributed by atoms with Crippen LogP contribution >= 0.6 is 11.8 Å². The number of benzene rings is 2. The average Bonchev–Trinajstić information content (AvgIpc) is 2.71. The summed E-state index contributed by atoms with van der Waals surface area (Å²) in [5.41, 5.74) is 1.34. The van der Waals surface area contributed by atoms with Crippen molar-refractivity contribution in [2.45, 2.75) is 24.3 Å². The smallest absolute Gasteiger partial charge is 0.412 e. The van der Waals surface area contributed by atoms with Crippen LogP contribution in [-0.2, 0) is 4.74 Å². The molecule has 0 fully saturated rings. The Kier molecular flexibility index (Phi) is 9.13. The van der Waals surface area contributed by atoms with E-state index in [-0.39, 0.29) is 25.7 Å². The molecule has 152 valence electrons. The Morgan fingerprint density at radius 3 is 2.46 bits per heavy atom. The third-order valence-corrected chi connectivity index (χ3v) is 4.99. The molecule has 0 aliphatic heterocycles. The topological polar surface area (TPSA) is 88.0 Å². The van der Waals surface area contributed by atoms with Gasteiger partial charge in [-0.15, -0.1) is 11.8 Å². The van der Waals surface area contributed by atoms with Crippen molar-refractivity contribution in [1.82, 2.24) is 0 Å². The standard InChI is InChI=1S/C21H27NO5S/c1-15(11-12-23)20(18-5-3-4-6-19(18)26-14-13-24)27-21(25)22-16-7-9-17(28-2)10-8-16/h3-10,15,20,23-24H,11-14H2,1-2H3,(H,22,25)/t15-,20-/m0/s1. The number of carbonyl (C=O) groups is 1. The van der Waals surface area contributed by atoms with Crippen LogP contribution < -0.4 is 10.1 Å². The summed E-state index contributed by atoms with van der Waals surface area (Å²) in [6.07, 6.45) is 1.27. The number of carbonyl (C=O) groups excluding carboxylic acids is 1. The highest BCUT2D eigenvalue weighted by atomic mass is 32.2. The summed E-state index contributed by atoms with van der Waals surface area (Å²) in [6.45, 7) is 1.92. The third kappa shape index (κ3) is 6.44. The van der Waals surface area contributed by atoms with Crippen molar-refractivity contribution < 1.29 is 24.5 Å². The van der Waals surface area contributed by atoms with Crippen LogP contribution in [0.4, 0.5) is 10.5 Å². The van der Waals surface area contributed by atoms with Crippen LogP contribution in [0.2, 0.25) is 0 Å². The molecule has 2 aromatic carbocycles. The Morgan fingerprint density at radius 2 is 1.82 bits per heavy atom. The predicted octanol–water partition coefficient (Wildman–Crippen LogP) is 4.09. The number of para-hydroxylation sites is 1. The molecule has 0 unspecified atom stereocenters. The molecule has 0 radical (unpaired) electrons. The first-order chi connectivity index (χ1) is 13.6. The Balaban J connectivity index is 2.17. The molecule has 0 spiro atoms. The molecule has 2 rings (SSSR count). The van der Waals surface area contributed by atoms with Gasteiger partial charge in [-0.2, -0.15) is 0 Å². The summed E-state index contributed by atoms with van der Waals surface area (Å²) in [4.78, 5) is 13.6. The number of aliphatic hydroxyl groups is 2. The van der Waals surface area contributed by atoms with Gasteiger partial charge < -0.3 is 19.7 Å². The molecule has 0 aromatic heterocycles. The van der Waals surface area contributed by atoms with E-state index < -0.39 is 12.2 Å². The quantitative estimate of drug-likeness (QED) is 0.516. The first-order valence-electron chi connectivity index (χ1n) is 9.14. The van der Waals surface area contributed by atoms with Gasteiger partial charge in [0.15, 0.2) is 0 Å². The minimum Gasteiger partial charge on any atom is -0.491 e. The highest BCUT2D eigenvalue weighted by molar-refractivity contribution is 7.98. The van der Waals surface area contributed by atoms with E-state index in [1.807, 2.05) is 55.6 Å². The van der Waals surface area contributed by atoms with Crippen molar-refractivity contribution in [3.63, 3.8) is 0 Å². The largest absolute Gasteiger partial charge is 0.491 e. The van der Waals surface area contributed by atoms with Crippen LogP contribution in [0.3, 0.4) is 0 Å². The Hall–Kier alpha value is -2.22. The zero-order valence-corrected chi connectivity index (χ0v) is 16.9. The average molecular weight is 406 g/mol. The number of nitrogens with one attached hydrogen (secondary N) is 1. The minimum atomic E-state index is -0.604. The normalized spacial score (nSPS) is 12.9. The second-order valence-corrected chi connectivity index (χ2v) is 7.16. The summed E-state index contributed by atoms with van der Waals surface area (Å²) >= 11 is 1.62. The predicted molar refractivity (Wildman–Crippen MR) is 111 cm³/mol. The van der Waals surface area contributed by atoms with E-state index >= 15 is 0 Å². The summed E-state index contributed by atoms with van der Waals surface area (Å²) in [7, 11) is 0. The van der Waals surface area contributed by atoms with E-state index in [9.17, 15) is 9.90 Å². The number of amides is 1. The van der Waals surface area contributed by atoms with E-state index in [1.165, 1.54) is 0 Å². The first kappa shape index (κ1) is 22.1. The zero-order valence-electron chi connectivity index (χ0n) is 16.1. The van der Waals surface area contributed by atoms with Gasteiger partial charge >= 0.3 is 6.09 Å². The maximum absolute atomic E-state index is 12.5. The molecule has 7 heteroatoms. The molecule has 0 bridgehead atoms. The van der Waals surface area contributed by atoms with Gasteiger partial charge in [0.2, 0.25) is 0 Å². The van der Waals surface area contributed by atoms with Crippen molar-refractivity contribution in [1.29, 1.82) is 0 Å². The van der Waals surface area contributed by atoms with Crippen LogP contribution in [0.15, 0.2) is 53.4 Å². The number of hydrogen-bond donors (Lipinski definition) is 3.